The molecule has 1 aliphatic heterocycles. The monoisotopic (exact) mass is 255 g/mol. The van der Waals surface area contributed by atoms with E-state index >= 15 is 0 Å². The number of likely N-dealkylation sites (tertiary alicyclic amines) is 1. The molecular weight excluding hydrogens is 222 g/mol. The Balaban J connectivity index is 2.57. The highest BCUT2D eigenvalue weighted by Gasteiger charge is 2.28. The first kappa shape index (κ1) is 15.9. The third-order valence-corrected chi connectivity index (χ3v) is 4.64. The molecule has 2 unspecified atom stereocenters. The summed E-state index contributed by atoms with van der Waals surface area (Å²) in [7, 11) is 6.69. The lowest BCUT2D eigenvalue weighted by Gasteiger charge is -2.42. The van der Waals surface area contributed by atoms with Crippen molar-refractivity contribution in [2.75, 3.05) is 34.2 Å². The SMILES string of the molecule is CCCC(NC)C(CC)N(C)C1CCN(C)CC1. The van der Waals surface area contributed by atoms with Crippen molar-refractivity contribution >= 4 is 0 Å². The van der Waals surface area contributed by atoms with Crippen LogP contribution in [0, 0.1) is 0 Å². The van der Waals surface area contributed by atoms with Gasteiger partial charge in [-0.15, -0.1) is 0 Å². The summed E-state index contributed by atoms with van der Waals surface area (Å²) < 4.78 is 0. The molecule has 0 aromatic carbocycles. The molecule has 1 heterocycles. The van der Waals surface area contributed by atoms with Crippen LogP contribution < -0.4 is 5.32 Å². The normalized spacial score (nSPS) is 22.3. The van der Waals surface area contributed by atoms with Gasteiger partial charge < -0.3 is 10.2 Å². The third kappa shape index (κ3) is 4.22. The van der Waals surface area contributed by atoms with Crippen molar-refractivity contribution in [1.29, 1.82) is 0 Å². The molecule has 3 nitrogen and oxygen atoms in total. The van der Waals surface area contributed by atoms with E-state index in [0.29, 0.717) is 12.1 Å². The number of hydrogen-bond donors (Lipinski definition) is 1. The number of nitrogens with zero attached hydrogens (tertiary/aromatic N) is 2. The van der Waals surface area contributed by atoms with E-state index in [0.717, 1.165) is 6.04 Å². The van der Waals surface area contributed by atoms with Gasteiger partial charge in [-0.05, 0) is 59.9 Å². The topological polar surface area (TPSA) is 18.5 Å². The Kier molecular flexibility index (Phi) is 7.20. The Labute approximate surface area is 114 Å². The lowest BCUT2D eigenvalue weighted by molar-refractivity contribution is 0.0846. The molecule has 0 radical (unpaired) electrons. The highest BCUT2D eigenvalue weighted by Crippen LogP contribution is 2.21. The Morgan fingerprint density at radius 1 is 1.28 bits per heavy atom. The molecule has 1 aliphatic rings. The Morgan fingerprint density at radius 3 is 2.33 bits per heavy atom. The molecule has 3 heteroatoms. The number of rotatable bonds is 7. The predicted molar refractivity (Wildman–Crippen MR) is 80.1 cm³/mol. The van der Waals surface area contributed by atoms with Crippen LogP contribution in [0.15, 0.2) is 0 Å². The van der Waals surface area contributed by atoms with Gasteiger partial charge in [0.2, 0.25) is 0 Å². The minimum Gasteiger partial charge on any atom is -0.315 e. The maximum absolute atomic E-state index is 3.53. The van der Waals surface area contributed by atoms with Gasteiger partial charge in [-0.2, -0.15) is 0 Å². The van der Waals surface area contributed by atoms with Crippen molar-refractivity contribution in [3.05, 3.63) is 0 Å². The molecule has 0 bridgehead atoms. The quantitative estimate of drug-likeness (QED) is 0.752. The standard InChI is InChI=1S/C15H33N3/c1-6-8-14(16-3)15(7-2)18(5)13-9-11-17(4)12-10-13/h13-16H,6-12H2,1-5H3. The first-order valence-electron chi connectivity index (χ1n) is 7.71. The highest BCUT2D eigenvalue weighted by molar-refractivity contribution is 4.87. The second kappa shape index (κ2) is 8.13. The lowest BCUT2D eigenvalue weighted by atomic mass is 9.95. The molecule has 0 aliphatic carbocycles. The maximum Gasteiger partial charge on any atom is 0.0246 e. The van der Waals surface area contributed by atoms with Crippen LogP contribution in [0.25, 0.3) is 0 Å². The van der Waals surface area contributed by atoms with Crippen molar-refractivity contribution in [2.24, 2.45) is 0 Å². The smallest absolute Gasteiger partial charge is 0.0246 e. The van der Waals surface area contributed by atoms with Gasteiger partial charge in [0, 0.05) is 18.1 Å². The van der Waals surface area contributed by atoms with Crippen LogP contribution in [0.5, 0.6) is 0 Å². The second-order valence-corrected chi connectivity index (χ2v) is 5.86. The first-order valence-corrected chi connectivity index (χ1v) is 7.71. The molecule has 1 rings (SSSR count). The minimum absolute atomic E-state index is 0.643. The van der Waals surface area contributed by atoms with Crippen LogP contribution in [-0.4, -0.2) is 62.2 Å². The van der Waals surface area contributed by atoms with E-state index in [1.54, 1.807) is 0 Å². The van der Waals surface area contributed by atoms with E-state index in [9.17, 15) is 0 Å². The van der Waals surface area contributed by atoms with Gasteiger partial charge in [0.25, 0.3) is 0 Å². The zero-order valence-electron chi connectivity index (χ0n) is 13.1. The minimum atomic E-state index is 0.643. The number of likely N-dealkylation sites (N-methyl/N-ethyl adjacent to an activating group) is 2. The average Bonchev–Trinajstić information content (AvgIpc) is 2.39. The molecule has 1 N–H and O–H groups in total. The summed E-state index contributed by atoms with van der Waals surface area (Å²) in [5.41, 5.74) is 0. The largest absolute Gasteiger partial charge is 0.315 e. The van der Waals surface area contributed by atoms with Crippen LogP contribution in [0.4, 0.5) is 0 Å². The summed E-state index contributed by atoms with van der Waals surface area (Å²) in [6.45, 7) is 7.12. The van der Waals surface area contributed by atoms with Gasteiger partial charge >= 0.3 is 0 Å². The molecule has 0 aromatic rings. The van der Waals surface area contributed by atoms with Gasteiger partial charge in [-0.3, -0.25) is 4.90 Å². The summed E-state index contributed by atoms with van der Waals surface area (Å²) >= 11 is 0. The fourth-order valence-electron chi connectivity index (χ4n) is 3.37. The van der Waals surface area contributed by atoms with Crippen LogP contribution in [0.1, 0.15) is 46.0 Å². The van der Waals surface area contributed by atoms with Gasteiger partial charge in [-0.25, -0.2) is 0 Å². The molecule has 0 amide bonds. The van der Waals surface area contributed by atoms with Gasteiger partial charge in [-0.1, -0.05) is 20.3 Å². The van der Waals surface area contributed by atoms with Crippen molar-refractivity contribution in [3.63, 3.8) is 0 Å². The molecule has 0 saturated carbocycles. The third-order valence-electron chi connectivity index (χ3n) is 4.64. The van der Waals surface area contributed by atoms with E-state index in [1.807, 2.05) is 0 Å². The summed E-state index contributed by atoms with van der Waals surface area (Å²) in [5, 5.41) is 3.53. The van der Waals surface area contributed by atoms with Crippen molar-refractivity contribution in [1.82, 2.24) is 15.1 Å². The molecule has 1 saturated heterocycles. The van der Waals surface area contributed by atoms with Crippen LogP contribution >= 0.6 is 0 Å². The van der Waals surface area contributed by atoms with Crippen LogP contribution in [0.3, 0.4) is 0 Å². The fraction of sp³-hybridized carbons (Fsp3) is 1.00. The first-order chi connectivity index (χ1) is 8.63. The fourth-order valence-corrected chi connectivity index (χ4v) is 3.37. The van der Waals surface area contributed by atoms with E-state index < -0.39 is 0 Å². The Bertz CT molecular complexity index is 212. The highest BCUT2D eigenvalue weighted by atomic mass is 15.2. The van der Waals surface area contributed by atoms with Crippen molar-refractivity contribution in [3.8, 4) is 0 Å². The summed E-state index contributed by atoms with van der Waals surface area (Å²) in [5.74, 6) is 0. The van der Waals surface area contributed by atoms with Crippen LogP contribution in [0.2, 0.25) is 0 Å². The number of hydrogen-bond acceptors (Lipinski definition) is 3. The van der Waals surface area contributed by atoms with Crippen LogP contribution in [-0.2, 0) is 0 Å². The van der Waals surface area contributed by atoms with E-state index in [2.05, 4.69) is 50.1 Å². The zero-order valence-corrected chi connectivity index (χ0v) is 13.1. The van der Waals surface area contributed by atoms with E-state index in [-0.39, 0.29) is 0 Å². The van der Waals surface area contributed by atoms with Gasteiger partial charge in [0.05, 0.1) is 0 Å². The second-order valence-electron chi connectivity index (χ2n) is 5.86. The average molecular weight is 255 g/mol. The van der Waals surface area contributed by atoms with E-state index in [1.165, 1.54) is 45.2 Å². The summed E-state index contributed by atoms with van der Waals surface area (Å²) in [4.78, 5) is 5.11. The predicted octanol–water partition coefficient (Wildman–Crippen LogP) is 2.18. The maximum atomic E-state index is 3.53. The molecule has 2 atom stereocenters. The molecular formula is C15H33N3. The summed E-state index contributed by atoms with van der Waals surface area (Å²) in [6, 6.07) is 2.10. The van der Waals surface area contributed by atoms with Crippen molar-refractivity contribution < 1.29 is 0 Å². The molecule has 0 spiro atoms. The lowest BCUT2D eigenvalue weighted by Crippen LogP contribution is -2.53. The Hall–Kier alpha value is -0.120. The summed E-state index contributed by atoms with van der Waals surface area (Å²) in [6.07, 6.45) is 6.45. The zero-order chi connectivity index (χ0) is 13.5. The van der Waals surface area contributed by atoms with Gasteiger partial charge in [0.1, 0.15) is 0 Å². The number of nitrogens with one attached hydrogen (secondary N) is 1. The molecule has 0 aromatic heterocycles. The van der Waals surface area contributed by atoms with E-state index in [4.69, 9.17) is 0 Å². The van der Waals surface area contributed by atoms with Gasteiger partial charge in [0.15, 0.2) is 0 Å². The molecule has 18 heavy (non-hydrogen) atoms. The Morgan fingerprint density at radius 2 is 1.89 bits per heavy atom. The molecule has 1 fully saturated rings. The molecule has 108 valence electrons. The number of piperidine rings is 1. The van der Waals surface area contributed by atoms with Crippen molar-refractivity contribution in [2.45, 2.75) is 64.1 Å².